The van der Waals surface area contributed by atoms with E-state index < -0.39 is 0 Å². The molecule has 0 aliphatic rings. The molecule has 2 rings (SSSR count). The van der Waals surface area contributed by atoms with Crippen molar-refractivity contribution >= 4 is 15.9 Å². The van der Waals surface area contributed by atoms with Gasteiger partial charge in [-0.05, 0) is 42.8 Å². The lowest BCUT2D eigenvalue weighted by Crippen LogP contribution is -2.22. The Bertz CT molecular complexity index is 522. The first kappa shape index (κ1) is 15.3. The number of hydrogen-bond acceptors (Lipinski definition) is 3. The van der Waals surface area contributed by atoms with Crippen molar-refractivity contribution in [3.05, 3.63) is 58.0 Å². The Morgan fingerprint density at radius 1 is 1.20 bits per heavy atom. The van der Waals surface area contributed by atoms with Gasteiger partial charge in [-0.3, -0.25) is 0 Å². The lowest BCUT2D eigenvalue weighted by molar-refractivity contribution is 0.161. The molecule has 0 fully saturated rings. The average Bonchev–Trinajstić information content (AvgIpc) is 2.90. The highest BCUT2D eigenvalue weighted by atomic mass is 79.9. The van der Waals surface area contributed by atoms with Gasteiger partial charge in [0.2, 0.25) is 0 Å². The van der Waals surface area contributed by atoms with Crippen LogP contribution in [0.2, 0.25) is 0 Å². The smallest absolute Gasteiger partial charge is 0.129 e. The molecule has 0 amide bonds. The van der Waals surface area contributed by atoms with Crippen LogP contribution in [0.1, 0.15) is 30.0 Å². The number of benzene rings is 1. The lowest BCUT2D eigenvalue weighted by atomic mass is 10.0. The molecule has 0 aliphatic heterocycles. The molecule has 0 bridgehead atoms. The van der Waals surface area contributed by atoms with Crippen LogP contribution >= 0.6 is 15.9 Å². The van der Waals surface area contributed by atoms with Gasteiger partial charge in [0.1, 0.15) is 18.1 Å². The molecule has 3 nitrogen and oxygen atoms in total. The van der Waals surface area contributed by atoms with E-state index in [0.717, 1.165) is 29.0 Å². The minimum absolute atomic E-state index is 0.187. The third kappa shape index (κ3) is 4.20. The first-order chi connectivity index (χ1) is 9.72. The molecule has 0 saturated heterocycles. The molecule has 1 unspecified atom stereocenters. The number of furan rings is 1. The predicted octanol–water partition coefficient (Wildman–Crippen LogP) is 4.08. The second-order valence-corrected chi connectivity index (χ2v) is 5.59. The molecule has 20 heavy (non-hydrogen) atoms. The summed E-state index contributed by atoms with van der Waals surface area (Å²) in [6, 6.07) is 12.6. The molecule has 2 aromatic rings. The van der Waals surface area contributed by atoms with Crippen molar-refractivity contribution in [2.24, 2.45) is 0 Å². The Hall–Kier alpha value is -1.10. The summed E-state index contributed by atoms with van der Waals surface area (Å²) in [6.45, 7) is 3.52. The van der Waals surface area contributed by atoms with E-state index in [1.165, 1.54) is 5.56 Å². The van der Waals surface area contributed by atoms with Crippen molar-refractivity contribution in [3.63, 3.8) is 0 Å². The van der Waals surface area contributed by atoms with Crippen LogP contribution in [0, 0.1) is 0 Å². The molecule has 0 aliphatic carbocycles. The zero-order chi connectivity index (χ0) is 14.4. The number of halogens is 1. The topological polar surface area (TPSA) is 34.4 Å². The highest BCUT2D eigenvalue weighted by Crippen LogP contribution is 2.22. The maximum absolute atomic E-state index is 5.84. The highest BCUT2D eigenvalue weighted by molar-refractivity contribution is 9.10. The predicted molar refractivity (Wildman–Crippen MR) is 83.7 cm³/mol. The van der Waals surface area contributed by atoms with Crippen molar-refractivity contribution in [1.29, 1.82) is 0 Å². The monoisotopic (exact) mass is 337 g/mol. The van der Waals surface area contributed by atoms with Crippen molar-refractivity contribution in [3.8, 4) is 0 Å². The minimum atomic E-state index is 0.187. The molecular formula is C16H20BrNO2. The van der Waals surface area contributed by atoms with Gasteiger partial charge >= 0.3 is 0 Å². The Morgan fingerprint density at radius 3 is 2.60 bits per heavy atom. The van der Waals surface area contributed by atoms with Crippen molar-refractivity contribution in [1.82, 2.24) is 5.32 Å². The minimum Gasteiger partial charge on any atom is -0.462 e. The molecule has 1 aromatic heterocycles. The quantitative estimate of drug-likeness (QED) is 0.826. The maximum atomic E-state index is 5.84. The maximum Gasteiger partial charge on any atom is 0.129 e. The first-order valence-corrected chi connectivity index (χ1v) is 7.57. The fourth-order valence-electron chi connectivity index (χ4n) is 2.18. The summed E-state index contributed by atoms with van der Waals surface area (Å²) < 4.78 is 12.0. The molecule has 4 heteroatoms. The van der Waals surface area contributed by atoms with E-state index >= 15 is 0 Å². The Morgan fingerprint density at radius 2 is 1.95 bits per heavy atom. The molecule has 1 N–H and O–H groups in total. The molecule has 0 spiro atoms. The number of hydrogen-bond donors (Lipinski definition) is 1. The molecule has 1 atom stereocenters. The first-order valence-electron chi connectivity index (χ1n) is 6.78. The number of nitrogens with one attached hydrogen (secondary N) is 1. The zero-order valence-corrected chi connectivity index (χ0v) is 13.4. The zero-order valence-electron chi connectivity index (χ0n) is 11.9. The third-order valence-electron chi connectivity index (χ3n) is 3.12. The number of ether oxygens (including phenoxy) is 1. The Labute approximate surface area is 128 Å². The van der Waals surface area contributed by atoms with Crippen molar-refractivity contribution in [2.45, 2.75) is 26.0 Å². The highest BCUT2D eigenvalue weighted by Gasteiger charge is 2.15. The van der Waals surface area contributed by atoms with Gasteiger partial charge in [-0.25, -0.2) is 0 Å². The summed E-state index contributed by atoms with van der Waals surface area (Å²) >= 11 is 3.46. The SMILES string of the molecule is CCNC(Cc1ccc(Br)cc1)c1ccc(COC)o1. The van der Waals surface area contributed by atoms with E-state index in [1.54, 1.807) is 7.11 Å². The third-order valence-corrected chi connectivity index (χ3v) is 3.64. The summed E-state index contributed by atoms with van der Waals surface area (Å²) in [5.74, 6) is 1.82. The number of rotatable bonds is 7. The van der Waals surface area contributed by atoms with Gasteiger partial charge in [0.25, 0.3) is 0 Å². The van der Waals surface area contributed by atoms with Gasteiger partial charge in [-0.1, -0.05) is 35.0 Å². The summed E-state index contributed by atoms with van der Waals surface area (Å²) in [6.07, 6.45) is 0.904. The Balaban J connectivity index is 2.10. The average molecular weight is 338 g/mol. The number of methoxy groups -OCH3 is 1. The van der Waals surface area contributed by atoms with Crippen LogP contribution in [0.5, 0.6) is 0 Å². The second kappa shape index (κ2) is 7.62. The van der Waals surface area contributed by atoms with Gasteiger partial charge in [-0.15, -0.1) is 0 Å². The molecule has 0 radical (unpaired) electrons. The standard InChI is InChI=1S/C16H20BrNO2/c1-3-18-15(10-12-4-6-13(17)7-5-12)16-9-8-14(20-16)11-19-2/h4-9,15,18H,3,10-11H2,1-2H3. The lowest BCUT2D eigenvalue weighted by Gasteiger charge is -2.15. The van der Waals surface area contributed by atoms with Gasteiger partial charge in [-0.2, -0.15) is 0 Å². The van der Waals surface area contributed by atoms with E-state index in [-0.39, 0.29) is 6.04 Å². The van der Waals surface area contributed by atoms with Crippen LogP contribution in [-0.4, -0.2) is 13.7 Å². The van der Waals surface area contributed by atoms with Crippen LogP contribution in [0.15, 0.2) is 45.3 Å². The molecule has 0 saturated carbocycles. The van der Waals surface area contributed by atoms with Crippen LogP contribution in [0.4, 0.5) is 0 Å². The second-order valence-electron chi connectivity index (χ2n) is 4.68. The van der Waals surface area contributed by atoms with E-state index in [4.69, 9.17) is 9.15 Å². The molecule has 1 aromatic carbocycles. The fourth-order valence-corrected chi connectivity index (χ4v) is 2.44. The summed E-state index contributed by atoms with van der Waals surface area (Å²) in [7, 11) is 1.67. The molecule has 108 valence electrons. The summed E-state index contributed by atoms with van der Waals surface area (Å²) in [5.41, 5.74) is 1.28. The van der Waals surface area contributed by atoms with Gasteiger partial charge < -0.3 is 14.5 Å². The molecular weight excluding hydrogens is 318 g/mol. The molecule has 1 heterocycles. The number of likely N-dealkylation sites (N-methyl/N-ethyl adjacent to an activating group) is 1. The largest absolute Gasteiger partial charge is 0.462 e. The van der Waals surface area contributed by atoms with Gasteiger partial charge in [0.05, 0.1) is 6.04 Å². The van der Waals surface area contributed by atoms with E-state index in [1.807, 2.05) is 12.1 Å². The fraction of sp³-hybridized carbons (Fsp3) is 0.375. The van der Waals surface area contributed by atoms with Crippen molar-refractivity contribution in [2.75, 3.05) is 13.7 Å². The summed E-state index contributed by atoms with van der Waals surface area (Å²) in [5, 5.41) is 3.47. The van der Waals surface area contributed by atoms with Crippen LogP contribution in [0.3, 0.4) is 0 Å². The van der Waals surface area contributed by atoms with E-state index in [2.05, 4.69) is 52.4 Å². The summed E-state index contributed by atoms with van der Waals surface area (Å²) in [4.78, 5) is 0. The van der Waals surface area contributed by atoms with Crippen LogP contribution in [0.25, 0.3) is 0 Å². The van der Waals surface area contributed by atoms with Gasteiger partial charge in [0, 0.05) is 11.6 Å². The normalized spacial score (nSPS) is 12.6. The van der Waals surface area contributed by atoms with Crippen molar-refractivity contribution < 1.29 is 9.15 Å². The van der Waals surface area contributed by atoms with E-state index in [0.29, 0.717) is 6.61 Å². The van der Waals surface area contributed by atoms with Gasteiger partial charge in [0.15, 0.2) is 0 Å². The van der Waals surface area contributed by atoms with E-state index in [9.17, 15) is 0 Å². The van der Waals surface area contributed by atoms with Crippen LogP contribution in [-0.2, 0) is 17.8 Å². The van der Waals surface area contributed by atoms with Crippen LogP contribution < -0.4 is 5.32 Å². The Kier molecular flexibility index (Phi) is 5.83.